The number of amides is 1. The van der Waals surface area contributed by atoms with Crippen molar-refractivity contribution in [3.8, 4) is 17.0 Å². The van der Waals surface area contributed by atoms with Crippen LogP contribution in [0.1, 0.15) is 12.0 Å². The predicted molar refractivity (Wildman–Crippen MR) is 125 cm³/mol. The molecule has 0 spiro atoms. The Labute approximate surface area is 193 Å². The molecule has 34 heavy (non-hydrogen) atoms. The first kappa shape index (κ1) is 21.8. The highest BCUT2D eigenvalue weighted by Gasteiger charge is 2.33. The van der Waals surface area contributed by atoms with E-state index in [4.69, 9.17) is 4.74 Å². The van der Waals surface area contributed by atoms with Crippen LogP contribution in [0.25, 0.3) is 22.0 Å². The van der Waals surface area contributed by atoms with E-state index in [2.05, 4.69) is 10.2 Å². The number of nitrogens with zero attached hydrogens (tertiary/aromatic N) is 2. The minimum absolute atomic E-state index is 0.108. The number of nitrogens with one attached hydrogen (secondary N) is 1. The first-order valence-corrected chi connectivity index (χ1v) is 10.9. The molecule has 0 bridgehead atoms. The van der Waals surface area contributed by atoms with Crippen LogP contribution >= 0.6 is 0 Å². The van der Waals surface area contributed by atoms with Crippen molar-refractivity contribution in [2.24, 2.45) is 5.92 Å². The van der Waals surface area contributed by atoms with Gasteiger partial charge in [-0.25, -0.2) is 13.9 Å². The molecule has 4 aromatic rings. The third kappa shape index (κ3) is 3.71. The van der Waals surface area contributed by atoms with Crippen LogP contribution in [0.4, 0.5) is 14.5 Å². The fraction of sp³-hybridized carbons (Fsp3) is 0.192. The van der Waals surface area contributed by atoms with Crippen LogP contribution in [0.3, 0.4) is 0 Å². The Morgan fingerprint density at radius 1 is 1.03 bits per heavy atom. The number of methoxy groups -OCH3 is 1. The third-order valence-electron chi connectivity index (χ3n) is 6.26. The summed E-state index contributed by atoms with van der Waals surface area (Å²) < 4.78 is 33.1. The summed E-state index contributed by atoms with van der Waals surface area (Å²) >= 11 is 0. The van der Waals surface area contributed by atoms with Crippen LogP contribution in [0.5, 0.6) is 5.75 Å². The Hall–Kier alpha value is -4.07. The molecular weight excluding hydrogens is 440 g/mol. The molecule has 1 atom stereocenters. The van der Waals surface area contributed by atoms with Crippen LogP contribution in [0, 0.1) is 17.6 Å². The lowest BCUT2D eigenvalue weighted by atomic mass is 9.97. The Kier molecular flexibility index (Phi) is 5.57. The van der Waals surface area contributed by atoms with Gasteiger partial charge in [-0.1, -0.05) is 36.4 Å². The molecule has 0 aliphatic carbocycles. The van der Waals surface area contributed by atoms with Gasteiger partial charge in [-0.05, 0) is 42.7 Å². The number of ether oxygens (including phenoxy) is 1. The number of hydrogen-bond donors (Lipinski definition) is 1. The predicted octanol–water partition coefficient (Wildman–Crippen LogP) is 4.47. The second-order valence-electron chi connectivity index (χ2n) is 8.23. The van der Waals surface area contributed by atoms with Crippen LogP contribution in [-0.2, 0) is 11.2 Å². The number of fused-ring (bicyclic) bond motifs is 1. The number of benzene rings is 3. The number of aromatic nitrogens is 2. The van der Waals surface area contributed by atoms with Crippen LogP contribution in [0.15, 0.2) is 65.5 Å². The first-order valence-electron chi connectivity index (χ1n) is 10.9. The maximum Gasteiger partial charge on any atom is 0.272 e. The molecule has 1 N–H and O–H groups in total. The summed E-state index contributed by atoms with van der Waals surface area (Å²) in [7, 11) is 1.21. The van der Waals surface area contributed by atoms with Crippen molar-refractivity contribution in [1.82, 2.24) is 10.2 Å². The average Bonchev–Trinajstić information content (AvgIpc) is 3.22. The van der Waals surface area contributed by atoms with E-state index in [0.717, 1.165) is 22.7 Å². The van der Waals surface area contributed by atoms with Crippen molar-refractivity contribution in [2.75, 3.05) is 18.6 Å². The molecule has 1 fully saturated rings. The van der Waals surface area contributed by atoms with Gasteiger partial charge in [-0.15, -0.1) is 0 Å². The van der Waals surface area contributed by atoms with E-state index in [-0.39, 0.29) is 23.5 Å². The second kappa shape index (κ2) is 8.70. The van der Waals surface area contributed by atoms with E-state index in [1.54, 1.807) is 17.0 Å². The van der Waals surface area contributed by atoms with Gasteiger partial charge in [0.2, 0.25) is 5.91 Å². The van der Waals surface area contributed by atoms with E-state index in [1.807, 2.05) is 36.4 Å². The van der Waals surface area contributed by atoms with E-state index in [1.165, 1.54) is 13.2 Å². The molecule has 1 aromatic heterocycles. The Morgan fingerprint density at radius 3 is 2.50 bits per heavy atom. The molecule has 5 rings (SSSR count). The lowest BCUT2D eigenvalue weighted by molar-refractivity contribution is -0.120. The summed E-state index contributed by atoms with van der Waals surface area (Å²) in [6.07, 6.45) is 0.731. The Bertz CT molecular complexity index is 1450. The van der Waals surface area contributed by atoms with Crippen molar-refractivity contribution in [2.45, 2.75) is 12.8 Å². The van der Waals surface area contributed by atoms with Gasteiger partial charge in [0.25, 0.3) is 5.56 Å². The summed E-state index contributed by atoms with van der Waals surface area (Å²) in [4.78, 5) is 26.8. The molecule has 0 radical (unpaired) electrons. The number of aromatic amines is 1. The first-order chi connectivity index (χ1) is 16.5. The van der Waals surface area contributed by atoms with Crippen molar-refractivity contribution < 1.29 is 18.3 Å². The number of halogens is 2. The van der Waals surface area contributed by atoms with E-state index >= 15 is 0 Å². The van der Waals surface area contributed by atoms with Crippen LogP contribution < -0.4 is 15.2 Å². The molecule has 3 aromatic carbocycles. The van der Waals surface area contributed by atoms with Gasteiger partial charge >= 0.3 is 0 Å². The molecule has 6 nitrogen and oxygen atoms in total. The highest BCUT2D eigenvalue weighted by molar-refractivity contribution is 5.98. The maximum absolute atomic E-state index is 14.6. The van der Waals surface area contributed by atoms with Crippen molar-refractivity contribution in [3.05, 3.63) is 88.2 Å². The third-order valence-corrected chi connectivity index (χ3v) is 6.26. The standard InChI is InChI=1S/C26H21F2N3O3/c1-34-24-21(27)11-8-16(22(24)28)14-17-12-13-31(26(17)33)18-9-6-15(7-10-18)23-19-4-2-3-5-20(19)25(32)30-29-23/h2-11,17H,12-14H2,1H3,(H,30,32). The van der Waals surface area contributed by atoms with Gasteiger partial charge in [-0.3, -0.25) is 9.59 Å². The molecule has 8 heteroatoms. The minimum Gasteiger partial charge on any atom is -0.491 e. The van der Waals surface area contributed by atoms with Gasteiger partial charge in [0, 0.05) is 29.1 Å². The molecule has 172 valence electrons. The molecule has 1 unspecified atom stereocenters. The molecular formula is C26H21F2N3O3. The van der Waals surface area contributed by atoms with Crippen LogP contribution in [0.2, 0.25) is 0 Å². The molecule has 0 saturated carbocycles. The number of H-pyrrole nitrogens is 1. The van der Waals surface area contributed by atoms with Gasteiger partial charge in [0.15, 0.2) is 17.4 Å². The summed E-state index contributed by atoms with van der Waals surface area (Å²) in [6.45, 7) is 0.503. The topological polar surface area (TPSA) is 75.3 Å². The summed E-state index contributed by atoms with van der Waals surface area (Å²) in [5.74, 6) is -2.48. The quantitative estimate of drug-likeness (QED) is 0.476. The summed E-state index contributed by atoms with van der Waals surface area (Å²) in [6, 6.07) is 17.1. The van der Waals surface area contributed by atoms with Crippen molar-refractivity contribution >= 4 is 22.4 Å². The van der Waals surface area contributed by atoms with Crippen molar-refractivity contribution in [1.29, 1.82) is 0 Å². The number of anilines is 1. The number of carbonyl (C=O) groups is 1. The molecule has 1 aliphatic heterocycles. The van der Waals surface area contributed by atoms with Crippen molar-refractivity contribution in [3.63, 3.8) is 0 Å². The second-order valence-corrected chi connectivity index (χ2v) is 8.23. The molecule has 1 saturated heterocycles. The van der Waals surface area contributed by atoms with E-state index in [9.17, 15) is 18.4 Å². The number of hydrogen-bond acceptors (Lipinski definition) is 4. The van der Waals surface area contributed by atoms with Gasteiger partial charge in [0.05, 0.1) is 18.2 Å². The molecule has 2 heterocycles. The zero-order valence-electron chi connectivity index (χ0n) is 18.3. The summed E-state index contributed by atoms with van der Waals surface area (Å²) in [5, 5.41) is 8.04. The summed E-state index contributed by atoms with van der Waals surface area (Å²) in [5.41, 5.74) is 2.18. The smallest absolute Gasteiger partial charge is 0.272 e. The van der Waals surface area contributed by atoms with Crippen LogP contribution in [-0.4, -0.2) is 29.8 Å². The Balaban J connectivity index is 1.37. The maximum atomic E-state index is 14.6. The zero-order valence-corrected chi connectivity index (χ0v) is 18.3. The fourth-order valence-corrected chi connectivity index (χ4v) is 4.50. The van der Waals surface area contributed by atoms with Gasteiger partial charge in [0.1, 0.15) is 0 Å². The minimum atomic E-state index is -0.770. The lowest BCUT2D eigenvalue weighted by Gasteiger charge is -2.18. The Morgan fingerprint density at radius 2 is 1.76 bits per heavy atom. The normalized spacial score (nSPS) is 15.8. The SMILES string of the molecule is COc1c(F)ccc(CC2CCN(c3ccc(-c4n[nH]c(=O)c5ccccc45)cc3)C2=O)c1F. The highest BCUT2D eigenvalue weighted by atomic mass is 19.1. The van der Waals surface area contributed by atoms with Gasteiger partial charge < -0.3 is 9.64 Å². The van der Waals surface area contributed by atoms with Gasteiger partial charge in [-0.2, -0.15) is 5.10 Å². The molecule has 1 amide bonds. The molecule has 1 aliphatic rings. The largest absolute Gasteiger partial charge is 0.491 e. The monoisotopic (exact) mass is 461 g/mol. The zero-order chi connectivity index (χ0) is 23.8. The fourth-order valence-electron chi connectivity index (χ4n) is 4.50. The number of carbonyl (C=O) groups excluding carboxylic acids is 1. The van der Waals surface area contributed by atoms with E-state index < -0.39 is 23.3 Å². The van der Waals surface area contributed by atoms with E-state index in [0.29, 0.717) is 24.0 Å². The average molecular weight is 461 g/mol. The number of rotatable bonds is 5. The highest BCUT2D eigenvalue weighted by Crippen LogP contribution is 2.32. The lowest BCUT2D eigenvalue weighted by Crippen LogP contribution is -2.27.